The van der Waals surface area contributed by atoms with Crippen LogP contribution in [0.2, 0.25) is 0 Å². The molecule has 0 spiro atoms. The molecule has 0 bridgehead atoms. The molecule has 1 atom stereocenters. The molecule has 28 heavy (non-hydrogen) atoms. The maximum atomic E-state index is 12.0. The highest BCUT2D eigenvalue weighted by atomic mass is 16.5. The van der Waals surface area contributed by atoms with Crippen molar-refractivity contribution in [3.8, 4) is 0 Å². The van der Waals surface area contributed by atoms with Gasteiger partial charge in [0.25, 0.3) is 0 Å². The maximum absolute atomic E-state index is 12.0. The van der Waals surface area contributed by atoms with Crippen LogP contribution < -0.4 is 10.2 Å². The summed E-state index contributed by atoms with van der Waals surface area (Å²) in [4.78, 5) is 18.5. The number of benzene rings is 1. The summed E-state index contributed by atoms with van der Waals surface area (Å²) in [5.74, 6) is 0.996. The fraction of sp³-hybridized carbons (Fsp3) is 0.478. The number of nitrogens with zero attached hydrogens (tertiary/aromatic N) is 2. The van der Waals surface area contributed by atoms with Crippen molar-refractivity contribution in [2.45, 2.75) is 38.0 Å². The number of fused-ring (bicyclic) bond motifs is 1. The predicted molar refractivity (Wildman–Crippen MR) is 112 cm³/mol. The van der Waals surface area contributed by atoms with Crippen LogP contribution in [0.1, 0.15) is 53.1 Å². The van der Waals surface area contributed by atoms with E-state index in [1.165, 1.54) is 49.7 Å². The third-order valence-electron chi connectivity index (χ3n) is 6.00. The van der Waals surface area contributed by atoms with E-state index in [1.54, 1.807) is 18.5 Å². The molecule has 1 fully saturated rings. The number of carbonyl (C=O) groups excluding carboxylic acids is 1. The first kappa shape index (κ1) is 18.8. The highest BCUT2D eigenvalue weighted by Crippen LogP contribution is 2.36. The number of aromatic nitrogens is 1. The van der Waals surface area contributed by atoms with Gasteiger partial charge in [-0.25, -0.2) is 4.79 Å². The number of anilines is 2. The molecule has 0 unspecified atom stereocenters. The topological polar surface area (TPSA) is 54.5 Å². The normalized spacial score (nSPS) is 18.3. The van der Waals surface area contributed by atoms with E-state index < -0.39 is 0 Å². The zero-order valence-corrected chi connectivity index (χ0v) is 16.8. The minimum absolute atomic E-state index is 0.336. The highest BCUT2D eigenvalue weighted by Gasteiger charge is 2.25. The average molecular weight is 380 g/mol. The Morgan fingerprint density at radius 1 is 1.29 bits per heavy atom. The molecule has 0 aliphatic heterocycles. The van der Waals surface area contributed by atoms with Gasteiger partial charge in [-0.3, -0.25) is 4.98 Å². The zero-order valence-electron chi connectivity index (χ0n) is 16.8. The third kappa shape index (κ3) is 4.13. The molecule has 5 nitrogen and oxygen atoms in total. The molecule has 2 aromatic rings. The summed E-state index contributed by atoms with van der Waals surface area (Å²) < 4.78 is 4.88. The molecule has 2 aliphatic rings. The second kappa shape index (κ2) is 8.21. The van der Waals surface area contributed by atoms with E-state index in [9.17, 15) is 4.79 Å². The van der Waals surface area contributed by atoms with E-state index in [2.05, 4.69) is 40.4 Å². The Balaban J connectivity index is 1.47. The van der Waals surface area contributed by atoms with Gasteiger partial charge < -0.3 is 15.0 Å². The molecule has 1 heterocycles. The molecule has 1 aromatic heterocycles. The summed E-state index contributed by atoms with van der Waals surface area (Å²) >= 11 is 0. The molecule has 1 saturated carbocycles. The van der Waals surface area contributed by atoms with Gasteiger partial charge in [-0.05, 0) is 67.3 Å². The largest absolute Gasteiger partial charge is 0.465 e. The number of hydrogen-bond donors (Lipinski definition) is 1. The van der Waals surface area contributed by atoms with E-state index in [0.717, 1.165) is 31.0 Å². The van der Waals surface area contributed by atoms with Gasteiger partial charge in [-0.1, -0.05) is 6.07 Å². The van der Waals surface area contributed by atoms with Gasteiger partial charge in [0.05, 0.1) is 24.6 Å². The Morgan fingerprint density at radius 2 is 2.14 bits per heavy atom. The fourth-order valence-corrected chi connectivity index (χ4v) is 4.20. The molecular formula is C23H29N3O2. The molecule has 1 aromatic carbocycles. The van der Waals surface area contributed by atoms with Crippen molar-refractivity contribution >= 4 is 17.3 Å². The molecule has 5 heteroatoms. The van der Waals surface area contributed by atoms with Gasteiger partial charge in [0.15, 0.2) is 0 Å². The number of ether oxygens (including phenoxy) is 1. The van der Waals surface area contributed by atoms with Crippen LogP contribution >= 0.6 is 0 Å². The lowest BCUT2D eigenvalue weighted by Crippen LogP contribution is -2.22. The van der Waals surface area contributed by atoms with Crippen molar-refractivity contribution in [2.75, 3.05) is 37.5 Å². The van der Waals surface area contributed by atoms with Gasteiger partial charge >= 0.3 is 5.97 Å². The van der Waals surface area contributed by atoms with Gasteiger partial charge in [-0.2, -0.15) is 0 Å². The minimum atomic E-state index is -0.336. The maximum Gasteiger partial charge on any atom is 0.340 e. The molecular weight excluding hydrogens is 350 g/mol. The molecule has 4 rings (SSSR count). The number of esters is 1. The average Bonchev–Trinajstić information content (AvgIpc) is 3.55. The van der Waals surface area contributed by atoms with Gasteiger partial charge in [0.2, 0.25) is 0 Å². The van der Waals surface area contributed by atoms with Crippen molar-refractivity contribution < 1.29 is 9.53 Å². The van der Waals surface area contributed by atoms with Crippen LogP contribution in [0.3, 0.4) is 0 Å². The summed E-state index contributed by atoms with van der Waals surface area (Å²) in [6, 6.07) is 8.66. The van der Waals surface area contributed by atoms with E-state index in [4.69, 9.17) is 4.74 Å². The van der Waals surface area contributed by atoms with Gasteiger partial charge in [0, 0.05) is 37.9 Å². The number of nitrogens with one attached hydrogen (secondary N) is 1. The molecule has 0 saturated heterocycles. The summed E-state index contributed by atoms with van der Waals surface area (Å²) in [6.45, 7) is 1.96. The van der Waals surface area contributed by atoms with E-state index >= 15 is 0 Å². The Kier molecular flexibility index (Phi) is 5.51. The smallest absolute Gasteiger partial charge is 0.340 e. The SMILES string of the molecule is COC(=O)c1ccncc1NC[C@@H]1CCCc2cc(N(C)CC3CC3)ccc21. The predicted octanol–water partition coefficient (Wildman–Crippen LogP) is 4.25. The van der Waals surface area contributed by atoms with Crippen LogP contribution in [0.4, 0.5) is 11.4 Å². The van der Waals surface area contributed by atoms with Crippen molar-refractivity contribution in [3.05, 3.63) is 53.3 Å². The number of pyridine rings is 1. The summed E-state index contributed by atoms with van der Waals surface area (Å²) in [6.07, 6.45) is 9.59. The highest BCUT2D eigenvalue weighted by molar-refractivity contribution is 5.95. The molecule has 2 aliphatic carbocycles. The number of carbonyl (C=O) groups is 1. The van der Waals surface area contributed by atoms with Crippen LogP contribution in [0, 0.1) is 5.92 Å². The summed E-state index contributed by atoms with van der Waals surface area (Å²) in [5.41, 5.74) is 5.51. The first-order chi connectivity index (χ1) is 13.7. The Morgan fingerprint density at radius 3 is 2.93 bits per heavy atom. The number of rotatable bonds is 7. The Hall–Kier alpha value is -2.56. The van der Waals surface area contributed by atoms with Crippen molar-refractivity contribution in [2.24, 2.45) is 5.92 Å². The Bertz CT molecular complexity index is 847. The molecule has 0 amide bonds. The summed E-state index contributed by atoms with van der Waals surface area (Å²) in [5, 5.41) is 3.44. The van der Waals surface area contributed by atoms with Crippen LogP contribution in [0.5, 0.6) is 0 Å². The lowest BCUT2D eigenvalue weighted by Gasteiger charge is -2.28. The van der Waals surface area contributed by atoms with Gasteiger partial charge in [-0.15, -0.1) is 0 Å². The van der Waals surface area contributed by atoms with Crippen molar-refractivity contribution in [3.63, 3.8) is 0 Å². The lowest BCUT2D eigenvalue weighted by atomic mass is 9.82. The van der Waals surface area contributed by atoms with Crippen LogP contribution in [0.25, 0.3) is 0 Å². The van der Waals surface area contributed by atoms with Crippen molar-refractivity contribution in [1.82, 2.24) is 4.98 Å². The van der Waals surface area contributed by atoms with Crippen LogP contribution in [0.15, 0.2) is 36.7 Å². The Labute approximate surface area is 167 Å². The molecule has 1 N–H and O–H groups in total. The van der Waals surface area contributed by atoms with Gasteiger partial charge in [0.1, 0.15) is 0 Å². The monoisotopic (exact) mass is 379 g/mol. The third-order valence-corrected chi connectivity index (χ3v) is 6.00. The zero-order chi connectivity index (χ0) is 19.5. The molecule has 0 radical (unpaired) electrons. The minimum Gasteiger partial charge on any atom is -0.465 e. The lowest BCUT2D eigenvalue weighted by molar-refractivity contribution is 0.0601. The first-order valence-electron chi connectivity index (χ1n) is 10.3. The van der Waals surface area contributed by atoms with Crippen molar-refractivity contribution in [1.29, 1.82) is 0 Å². The van der Waals surface area contributed by atoms with E-state index in [1.807, 2.05) is 0 Å². The van der Waals surface area contributed by atoms with Crippen LogP contribution in [-0.2, 0) is 11.2 Å². The van der Waals surface area contributed by atoms with E-state index in [-0.39, 0.29) is 5.97 Å². The number of methoxy groups -OCH3 is 1. The summed E-state index contributed by atoms with van der Waals surface area (Å²) in [7, 11) is 3.61. The number of hydrogen-bond acceptors (Lipinski definition) is 5. The standard InChI is InChI=1S/C23H29N3O2/c1-26(15-16-6-7-16)19-8-9-20-17(12-19)4-3-5-18(20)13-25-22-14-24-11-10-21(22)23(27)28-2/h8-12,14,16,18,25H,3-7,13,15H2,1-2H3/t18-/m0/s1. The molecule has 148 valence electrons. The quantitative estimate of drug-likeness (QED) is 0.729. The second-order valence-electron chi connectivity index (χ2n) is 8.09. The van der Waals surface area contributed by atoms with Crippen LogP contribution in [-0.4, -0.2) is 38.2 Å². The second-order valence-corrected chi connectivity index (χ2v) is 8.09. The fourth-order valence-electron chi connectivity index (χ4n) is 4.20. The van der Waals surface area contributed by atoms with E-state index in [0.29, 0.717) is 11.5 Å². The first-order valence-corrected chi connectivity index (χ1v) is 10.3. The number of aryl methyl sites for hydroxylation is 1.